The molecule has 2 aromatic rings. The summed E-state index contributed by atoms with van der Waals surface area (Å²) in [6, 6.07) is 8.92. The molecular formula is C17H19N5O3. The summed E-state index contributed by atoms with van der Waals surface area (Å²) in [5.41, 5.74) is 2.03. The number of aromatic nitrogens is 1. The van der Waals surface area contributed by atoms with Gasteiger partial charge in [-0.05, 0) is 24.6 Å². The second-order valence-electron chi connectivity index (χ2n) is 6.07. The SMILES string of the molecule is C[C@H]1CN(C)c2ccccc2CN1C(=O)Nc1ccncc1[N+](=O)[O-]. The van der Waals surface area contributed by atoms with Crippen LogP contribution in [0.15, 0.2) is 42.7 Å². The number of hydrogen-bond donors (Lipinski definition) is 1. The van der Waals surface area contributed by atoms with Gasteiger partial charge in [0.25, 0.3) is 0 Å². The number of fused-ring (bicyclic) bond motifs is 1. The molecule has 1 aromatic carbocycles. The van der Waals surface area contributed by atoms with Crippen molar-refractivity contribution in [3.05, 3.63) is 58.4 Å². The van der Waals surface area contributed by atoms with Crippen LogP contribution in [-0.2, 0) is 6.54 Å². The minimum Gasteiger partial charge on any atom is -0.372 e. The Bertz CT molecular complexity index is 810. The molecule has 25 heavy (non-hydrogen) atoms. The van der Waals surface area contributed by atoms with Gasteiger partial charge in [0.2, 0.25) is 0 Å². The maximum Gasteiger partial charge on any atom is 0.322 e. The van der Waals surface area contributed by atoms with Crippen LogP contribution in [0.2, 0.25) is 0 Å². The van der Waals surface area contributed by atoms with Crippen LogP contribution in [0.3, 0.4) is 0 Å². The number of para-hydroxylation sites is 1. The van der Waals surface area contributed by atoms with E-state index < -0.39 is 4.92 Å². The molecule has 0 saturated heterocycles. The van der Waals surface area contributed by atoms with E-state index in [1.165, 1.54) is 12.3 Å². The lowest BCUT2D eigenvalue weighted by molar-refractivity contribution is -0.384. The number of likely N-dealkylation sites (N-methyl/N-ethyl adjacent to an activating group) is 1. The fourth-order valence-corrected chi connectivity index (χ4v) is 3.05. The van der Waals surface area contributed by atoms with Crippen LogP contribution in [0.4, 0.5) is 21.9 Å². The predicted octanol–water partition coefficient (Wildman–Crippen LogP) is 2.86. The van der Waals surface area contributed by atoms with Gasteiger partial charge in [0, 0.05) is 38.1 Å². The van der Waals surface area contributed by atoms with Crippen molar-refractivity contribution < 1.29 is 9.72 Å². The molecule has 8 nitrogen and oxygen atoms in total. The van der Waals surface area contributed by atoms with Gasteiger partial charge in [0.05, 0.1) is 4.92 Å². The highest BCUT2D eigenvalue weighted by Crippen LogP contribution is 2.27. The fraction of sp³-hybridized carbons (Fsp3) is 0.294. The third-order valence-electron chi connectivity index (χ3n) is 4.31. The van der Waals surface area contributed by atoms with E-state index in [0.29, 0.717) is 13.1 Å². The highest BCUT2D eigenvalue weighted by molar-refractivity contribution is 5.92. The summed E-state index contributed by atoms with van der Waals surface area (Å²) in [5.74, 6) is 0. The Labute approximate surface area is 145 Å². The van der Waals surface area contributed by atoms with E-state index >= 15 is 0 Å². The van der Waals surface area contributed by atoms with Crippen LogP contribution in [0.1, 0.15) is 12.5 Å². The summed E-state index contributed by atoms with van der Waals surface area (Å²) in [7, 11) is 1.99. The number of pyridine rings is 1. The van der Waals surface area contributed by atoms with E-state index in [0.717, 1.165) is 17.4 Å². The number of amides is 2. The van der Waals surface area contributed by atoms with Crippen molar-refractivity contribution in [1.29, 1.82) is 0 Å². The Hall–Kier alpha value is -3.16. The molecule has 8 heteroatoms. The van der Waals surface area contributed by atoms with Gasteiger partial charge in [-0.25, -0.2) is 4.79 Å². The molecule has 2 amide bonds. The van der Waals surface area contributed by atoms with E-state index in [1.54, 1.807) is 4.90 Å². The smallest absolute Gasteiger partial charge is 0.322 e. The van der Waals surface area contributed by atoms with Crippen molar-refractivity contribution in [2.24, 2.45) is 0 Å². The van der Waals surface area contributed by atoms with Crippen molar-refractivity contribution in [1.82, 2.24) is 9.88 Å². The molecule has 0 unspecified atom stereocenters. The highest BCUT2D eigenvalue weighted by Gasteiger charge is 2.28. The zero-order valence-electron chi connectivity index (χ0n) is 14.0. The quantitative estimate of drug-likeness (QED) is 0.670. The van der Waals surface area contributed by atoms with Gasteiger partial charge < -0.3 is 15.1 Å². The highest BCUT2D eigenvalue weighted by atomic mass is 16.6. The average molecular weight is 341 g/mol. The predicted molar refractivity (Wildman–Crippen MR) is 94.6 cm³/mol. The van der Waals surface area contributed by atoms with Gasteiger partial charge in [0.1, 0.15) is 11.9 Å². The van der Waals surface area contributed by atoms with Crippen LogP contribution < -0.4 is 10.2 Å². The molecule has 0 bridgehead atoms. The molecule has 2 heterocycles. The van der Waals surface area contributed by atoms with Gasteiger partial charge in [-0.1, -0.05) is 18.2 Å². The van der Waals surface area contributed by atoms with E-state index in [-0.39, 0.29) is 23.4 Å². The van der Waals surface area contributed by atoms with E-state index in [4.69, 9.17) is 0 Å². The molecule has 1 atom stereocenters. The van der Waals surface area contributed by atoms with Gasteiger partial charge in [0.15, 0.2) is 0 Å². The van der Waals surface area contributed by atoms with Gasteiger partial charge in [-0.2, -0.15) is 0 Å². The number of carbonyl (C=O) groups is 1. The zero-order chi connectivity index (χ0) is 18.0. The number of nitrogens with zero attached hydrogens (tertiary/aromatic N) is 4. The Morgan fingerprint density at radius 2 is 2.12 bits per heavy atom. The first-order valence-corrected chi connectivity index (χ1v) is 7.92. The second kappa shape index (κ2) is 6.76. The molecule has 1 aliphatic heterocycles. The maximum atomic E-state index is 12.8. The normalized spacial score (nSPS) is 16.8. The number of nitrogens with one attached hydrogen (secondary N) is 1. The Morgan fingerprint density at radius 3 is 2.88 bits per heavy atom. The third kappa shape index (κ3) is 3.37. The fourth-order valence-electron chi connectivity index (χ4n) is 3.05. The van der Waals surface area contributed by atoms with Crippen molar-refractivity contribution >= 4 is 23.1 Å². The largest absolute Gasteiger partial charge is 0.372 e. The third-order valence-corrected chi connectivity index (χ3v) is 4.31. The van der Waals surface area contributed by atoms with Crippen LogP contribution in [0, 0.1) is 10.1 Å². The molecule has 0 spiro atoms. The molecule has 130 valence electrons. The first-order valence-electron chi connectivity index (χ1n) is 7.92. The van der Waals surface area contributed by atoms with Gasteiger partial charge in [-0.15, -0.1) is 0 Å². The minimum atomic E-state index is -0.558. The lowest BCUT2D eigenvalue weighted by Gasteiger charge is -2.28. The first-order chi connectivity index (χ1) is 12.0. The van der Waals surface area contributed by atoms with Crippen LogP contribution in [-0.4, -0.2) is 40.5 Å². The van der Waals surface area contributed by atoms with Gasteiger partial charge in [-0.3, -0.25) is 15.1 Å². The van der Waals surface area contributed by atoms with Gasteiger partial charge >= 0.3 is 11.7 Å². The Morgan fingerprint density at radius 1 is 1.36 bits per heavy atom. The molecule has 1 aliphatic rings. The molecule has 0 saturated carbocycles. The lowest BCUT2D eigenvalue weighted by atomic mass is 10.1. The number of rotatable bonds is 2. The number of nitro groups is 1. The van der Waals surface area contributed by atoms with Crippen molar-refractivity contribution in [3.63, 3.8) is 0 Å². The summed E-state index contributed by atoms with van der Waals surface area (Å²) >= 11 is 0. The number of urea groups is 1. The van der Waals surface area contributed by atoms with E-state index in [1.807, 2.05) is 38.2 Å². The van der Waals surface area contributed by atoms with Crippen LogP contribution in [0.5, 0.6) is 0 Å². The maximum absolute atomic E-state index is 12.8. The topological polar surface area (TPSA) is 91.6 Å². The molecule has 1 N–H and O–H groups in total. The number of anilines is 2. The van der Waals surface area contributed by atoms with Crippen molar-refractivity contribution in [2.45, 2.75) is 19.5 Å². The van der Waals surface area contributed by atoms with E-state index in [9.17, 15) is 14.9 Å². The number of benzene rings is 1. The summed E-state index contributed by atoms with van der Waals surface area (Å²) in [4.78, 5) is 30.9. The summed E-state index contributed by atoms with van der Waals surface area (Å²) < 4.78 is 0. The average Bonchev–Trinajstić information content (AvgIpc) is 2.72. The lowest BCUT2D eigenvalue weighted by Crippen LogP contribution is -2.44. The monoisotopic (exact) mass is 341 g/mol. The number of carbonyl (C=O) groups excluding carboxylic acids is 1. The van der Waals surface area contributed by atoms with Crippen molar-refractivity contribution in [3.8, 4) is 0 Å². The minimum absolute atomic E-state index is 0.0571. The first kappa shape index (κ1) is 16.7. The summed E-state index contributed by atoms with van der Waals surface area (Å²) in [5, 5.41) is 13.8. The molecular weight excluding hydrogens is 322 g/mol. The molecule has 3 rings (SSSR count). The molecule has 0 radical (unpaired) electrons. The standard InChI is InChI=1S/C17H19N5O3/c1-12-10-20(2)15-6-4-3-5-13(15)11-21(12)17(23)19-14-7-8-18-9-16(14)22(24)25/h3-9,12H,10-11H2,1-2H3,(H,18,19,23)/t12-/m0/s1. The second-order valence-corrected chi connectivity index (χ2v) is 6.07. The zero-order valence-corrected chi connectivity index (χ0v) is 14.0. The molecule has 0 fully saturated rings. The molecule has 1 aromatic heterocycles. The molecule has 0 aliphatic carbocycles. The Kier molecular flexibility index (Phi) is 4.51. The van der Waals surface area contributed by atoms with Crippen LogP contribution >= 0.6 is 0 Å². The summed E-state index contributed by atoms with van der Waals surface area (Å²) in [6.07, 6.45) is 2.54. The Balaban J connectivity index is 1.86. The van der Waals surface area contributed by atoms with E-state index in [2.05, 4.69) is 15.2 Å². The summed E-state index contributed by atoms with van der Waals surface area (Å²) in [6.45, 7) is 3.07. The number of hydrogen-bond acceptors (Lipinski definition) is 5. The van der Waals surface area contributed by atoms with Crippen molar-refractivity contribution in [2.75, 3.05) is 23.8 Å². The van der Waals surface area contributed by atoms with Crippen LogP contribution in [0.25, 0.3) is 0 Å².